The van der Waals surface area contributed by atoms with E-state index < -0.39 is 0 Å². The Bertz CT molecular complexity index is 629. The molecule has 0 saturated heterocycles. The SMILES string of the molecule is CSc1cc(-c2oncc2C(=O)C2CC2)ccc1C. The van der Waals surface area contributed by atoms with Crippen molar-refractivity contribution in [3.05, 3.63) is 35.5 Å². The fourth-order valence-corrected chi connectivity index (χ4v) is 2.78. The van der Waals surface area contributed by atoms with Gasteiger partial charge in [-0.15, -0.1) is 11.8 Å². The molecule has 98 valence electrons. The number of nitrogens with zero attached hydrogens (tertiary/aromatic N) is 1. The molecule has 1 aliphatic carbocycles. The average Bonchev–Trinajstić information content (AvgIpc) is 3.16. The summed E-state index contributed by atoms with van der Waals surface area (Å²) in [6, 6.07) is 6.10. The summed E-state index contributed by atoms with van der Waals surface area (Å²) in [4.78, 5) is 13.4. The zero-order chi connectivity index (χ0) is 13.4. The molecule has 0 atom stereocenters. The summed E-state index contributed by atoms with van der Waals surface area (Å²) in [7, 11) is 0. The van der Waals surface area contributed by atoms with Crippen LogP contribution in [-0.2, 0) is 0 Å². The standard InChI is InChI=1S/C15H15NO2S/c1-9-3-4-11(7-13(9)19-2)15-12(8-16-18-15)14(17)10-5-6-10/h3-4,7-8,10H,5-6H2,1-2H3. The highest BCUT2D eigenvalue weighted by molar-refractivity contribution is 7.98. The van der Waals surface area contributed by atoms with E-state index in [4.69, 9.17) is 4.52 Å². The van der Waals surface area contributed by atoms with Crippen LogP contribution in [0, 0.1) is 12.8 Å². The van der Waals surface area contributed by atoms with Crippen molar-refractivity contribution in [2.45, 2.75) is 24.7 Å². The van der Waals surface area contributed by atoms with Crippen LogP contribution in [-0.4, -0.2) is 17.2 Å². The van der Waals surface area contributed by atoms with Crippen LogP contribution in [0.4, 0.5) is 0 Å². The maximum atomic E-state index is 12.2. The number of rotatable bonds is 4. The monoisotopic (exact) mass is 273 g/mol. The molecule has 0 unspecified atom stereocenters. The molecule has 0 N–H and O–H groups in total. The van der Waals surface area contributed by atoms with E-state index in [2.05, 4.69) is 24.2 Å². The molecule has 0 aliphatic heterocycles. The molecule has 0 radical (unpaired) electrons. The largest absolute Gasteiger partial charge is 0.356 e. The van der Waals surface area contributed by atoms with E-state index >= 15 is 0 Å². The molecule has 0 bridgehead atoms. The number of ketones is 1. The van der Waals surface area contributed by atoms with Crippen LogP contribution in [0.25, 0.3) is 11.3 Å². The average molecular weight is 273 g/mol. The molecule has 3 nitrogen and oxygen atoms in total. The molecule has 2 aromatic rings. The lowest BCUT2D eigenvalue weighted by Gasteiger charge is -2.05. The Morgan fingerprint density at radius 1 is 1.42 bits per heavy atom. The van der Waals surface area contributed by atoms with Gasteiger partial charge in [-0.2, -0.15) is 0 Å². The molecule has 1 aliphatic rings. The van der Waals surface area contributed by atoms with Crippen LogP contribution in [0.5, 0.6) is 0 Å². The molecule has 0 amide bonds. The van der Waals surface area contributed by atoms with Gasteiger partial charge >= 0.3 is 0 Å². The predicted octanol–water partition coefficient (Wildman–Crippen LogP) is 3.96. The van der Waals surface area contributed by atoms with Crippen LogP contribution in [0.3, 0.4) is 0 Å². The van der Waals surface area contributed by atoms with Crippen molar-refractivity contribution in [3.8, 4) is 11.3 Å². The molecule has 19 heavy (non-hydrogen) atoms. The first kappa shape index (κ1) is 12.5. The minimum atomic E-state index is 0.169. The Kier molecular flexibility index (Phi) is 3.19. The summed E-state index contributed by atoms with van der Waals surface area (Å²) in [6.07, 6.45) is 5.58. The third-order valence-electron chi connectivity index (χ3n) is 3.45. The van der Waals surface area contributed by atoms with Gasteiger partial charge in [0.1, 0.15) is 0 Å². The van der Waals surface area contributed by atoms with Gasteiger partial charge < -0.3 is 4.52 Å². The van der Waals surface area contributed by atoms with Gasteiger partial charge in [-0.1, -0.05) is 17.3 Å². The first-order chi connectivity index (χ1) is 9.20. The Labute approximate surface area is 116 Å². The van der Waals surface area contributed by atoms with Crippen LogP contribution in [0.2, 0.25) is 0 Å². The van der Waals surface area contributed by atoms with Crippen LogP contribution >= 0.6 is 11.8 Å². The topological polar surface area (TPSA) is 43.1 Å². The number of hydrogen-bond donors (Lipinski definition) is 0. The van der Waals surface area contributed by atoms with Gasteiger partial charge in [-0.3, -0.25) is 4.79 Å². The third-order valence-corrected chi connectivity index (χ3v) is 4.33. The minimum Gasteiger partial charge on any atom is -0.356 e. The lowest BCUT2D eigenvalue weighted by atomic mass is 10.0. The smallest absolute Gasteiger partial charge is 0.177 e. The zero-order valence-corrected chi connectivity index (χ0v) is 11.8. The molecule has 1 saturated carbocycles. The summed E-state index contributed by atoms with van der Waals surface area (Å²) >= 11 is 1.69. The van der Waals surface area contributed by atoms with Crippen LogP contribution in [0.15, 0.2) is 33.8 Å². The molecule has 4 heteroatoms. The molecule has 1 aromatic heterocycles. The number of Topliss-reactive ketones (excluding diaryl/α,β-unsaturated/α-hetero) is 1. The normalized spacial score (nSPS) is 14.6. The fourth-order valence-electron chi connectivity index (χ4n) is 2.15. The van der Waals surface area contributed by atoms with E-state index in [1.165, 1.54) is 10.5 Å². The zero-order valence-electron chi connectivity index (χ0n) is 11.0. The van der Waals surface area contributed by atoms with Crippen molar-refractivity contribution in [2.75, 3.05) is 6.26 Å². The second-order valence-electron chi connectivity index (χ2n) is 4.89. The Morgan fingerprint density at radius 2 is 2.21 bits per heavy atom. The Morgan fingerprint density at radius 3 is 2.89 bits per heavy atom. The van der Waals surface area contributed by atoms with Gasteiger partial charge in [0.25, 0.3) is 0 Å². The molecule has 1 aromatic carbocycles. The van der Waals surface area contributed by atoms with Gasteiger partial charge in [-0.25, -0.2) is 0 Å². The van der Waals surface area contributed by atoms with Gasteiger partial charge in [0.2, 0.25) is 0 Å². The lowest BCUT2D eigenvalue weighted by molar-refractivity contribution is 0.0968. The lowest BCUT2D eigenvalue weighted by Crippen LogP contribution is -2.01. The number of benzene rings is 1. The molecule has 3 rings (SSSR count). The quantitative estimate of drug-likeness (QED) is 0.624. The highest BCUT2D eigenvalue weighted by atomic mass is 32.2. The second kappa shape index (κ2) is 4.85. The summed E-state index contributed by atoms with van der Waals surface area (Å²) in [5.41, 5.74) is 2.78. The van der Waals surface area contributed by atoms with Crippen molar-refractivity contribution in [1.29, 1.82) is 0 Å². The van der Waals surface area contributed by atoms with E-state index in [1.54, 1.807) is 18.0 Å². The maximum Gasteiger partial charge on any atom is 0.177 e. The first-order valence-electron chi connectivity index (χ1n) is 6.34. The summed E-state index contributed by atoms with van der Waals surface area (Å²) in [6.45, 7) is 2.08. The van der Waals surface area contributed by atoms with Crippen LogP contribution in [0.1, 0.15) is 28.8 Å². The first-order valence-corrected chi connectivity index (χ1v) is 7.57. The van der Waals surface area contributed by atoms with Gasteiger partial charge in [0.05, 0.1) is 11.8 Å². The number of thioether (sulfide) groups is 1. The number of hydrogen-bond acceptors (Lipinski definition) is 4. The van der Waals surface area contributed by atoms with Crippen molar-refractivity contribution in [1.82, 2.24) is 5.16 Å². The summed E-state index contributed by atoms with van der Waals surface area (Å²) < 4.78 is 5.31. The number of carbonyl (C=O) groups excluding carboxylic acids is 1. The van der Waals surface area contributed by atoms with E-state index in [9.17, 15) is 4.79 Å². The van der Waals surface area contributed by atoms with Crippen LogP contribution < -0.4 is 0 Å². The molecule has 1 heterocycles. The molecular weight excluding hydrogens is 258 g/mol. The van der Waals surface area contributed by atoms with E-state index in [0.29, 0.717) is 11.3 Å². The highest BCUT2D eigenvalue weighted by Gasteiger charge is 2.33. The Hall–Kier alpha value is -1.55. The van der Waals surface area contributed by atoms with Crippen molar-refractivity contribution in [2.24, 2.45) is 5.92 Å². The van der Waals surface area contributed by atoms with E-state index in [-0.39, 0.29) is 11.7 Å². The minimum absolute atomic E-state index is 0.169. The Balaban J connectivity index is 2.02. The third kappa shape index (κ3) is 2.32. The fraction of sp³-hybridized carbons (Fsp3) is 0.333. The van der Waals surface area contributed by atoms with Crippen molar-refractivity contribution in [3.63, 3.8) is 0 Å². The number of aromatic nitrogens is 1. The molecular formula is C15H15NO2S. The van der Waals surface area contributed by atoms with Crippen molar-refractivity contribution >= 4 is 17.5 Å². The van der Waals surface area contributed by atoms with Gasteiger partial charge in [0.15, 0.2) is 11.5 Å². The van der Waals surface area contributed by atoms with Gasteiger partial charge in [-0.05, 0) is 37.7 Å². The summed E-state index contributed by atoms with van der Waals surface area (Å²) in [5.74, 6) is 0.957. The predicted molar refractivity (Wildman–Crippen MR) is 75.5 cm³/mol. The van der Waals surface area contributed by atoms with Crippen molar-refractivity contribution < 1.29 is 9.32 Å². The van der Waals surface area contributed by atoms with Gasteiger partial charge in [0, 0.05) is 16.4 Å². The second-order valence-corrected chi connectivity index (χ2v) is 5.74. The van der Waals surface area contributed by atoms with E-state index in [0.717, 1.165) is 18.4 Å². The number of aryl methyl sites for hydroxylation is 1. The molecule has 0 spiro atoms. The summed E-state index contributed by atoms with van der Waals surface area (Å²) in [5, 5.41) is 3.81. The maximum absolute atomic E-state index is 12.2. The molecule has 1 fully saturated rings. The highest BCUT2D eigenvalue weighted by Crippen LogP contribution is 2.36. The number of carbonyl (C=O) groups is 1. The van der Waals surface area contributed by atoms with E-state index in [1.807, 2.05) is 12.3 Å².